The number of anilines is 1. The molecule has 0 aromatic heterocycles. The van der Waals surface area contributed by atoms with Crippen LogP contribution in [0, 0.1) is 11.8 Å². The lowest BCUT2D eigenvalue weighted by molar-refractivity contribution is -0.137. The molecule has 3 atom stereocenters. The third-order valence-electron chi connectivity index (χ3n) is 9.17. The minimum absolute atomic E-state index is 0.00393. The zero-order valence-corrected chi connectivity index (χ0v) is 23.4. The number of nitrogens with one attached hydrogen (secondary N) is 1. The fraction of sp³-hybridized carbons (Fsp3) is 0.667. The first-order valence-electron chi connectivity index (χ1n) is 14.8. The molecule has 39 heavy (non-hydrogen) atoms. The van der Waals surface area contributed by atoms with Crippen LogP contribution in [0.3, 0.4) is 0 Å². The molecule has 3 heterocycles. The number of Topliss-reactive ketones (excluding diaryl/α,β-unsaturated/α-hetero) is 1. The summed E-state index contributed by atoms with van der Waals surface area (Å²) in [6, 6.07) is 7.13. The molecular formula is C30H43N5O4. The lowest BCUT2D eigenvalue weighted by Gasteiger charge is -2.34. The highest BCUT2D eigenvalue weighted by Gasteiger charge is 2.52. The summed E-state index contributed by atoms with van der Waals surface area (Å²) in [5.41, 5.74) is 1.78. The zero-order chi connectivity index (χ0) is 27.5. The number of hydrogen-bond acceptors (Lipinski definition) is 6. The fourth-order valence-electron chi connectivity index (χ4n) is 6.74. The summed E-state index contributed by atoms with van der Waals surface area (Å²) in [5.74, 6) is 0.0980. The van der Waals surface area contributed by atoms with Gasteiger partial charge in [0.05, 0.1) is 12.6 Å². The van der Waals surface area contributed by atoms with Gasteiger partial charge in [0.15, 0.2) is 5.78 Å². The summed E-state index contributed by atoms with van der Waals surface area (Å²) in [7, 11) is 2.13. The normalized spacial score (nSPS) is 24.8. The number of fused-ring (bicyclic) bond motifs is 1. The molecule has 1 N–H and O–H groups in total. The summed E-state index contributed by atoms with van der Waals surface area (Å²) in [6.45, 7) is 7.23. The Morgan fingerprint density at radius 3 is 2.33 bits per heavy atom. The summed E-state index contributed by atoms with van der Waals surface area (Å²) in [4.78, 5) is 59.8. The topological polar surface area (TPSA) is 93.3 Å². The van der Waals surface area contributed by atoms with E-state index in [2.05, 4.69) is 22.2 Å². The van der Waals surface area contributed by atoms with Gasteiger partial charge in [-0.2, -0.15) is 0 Å². The molecule has 1 aliphatic carbocycles. The lowest BCUT2D eigenvalue weighted by atomic mass is 10.0. The monoisotopic (exact) mass is 537 g/mol. The van der Waals surface area contributed by atoms with Crippen molar-refractivity contribution < 1.29 is 19.2 Å². The number of nitrogens with zero attached hydrogens (tertiary/aromatic N) is 4. The summed E-state index contributed by atoms with van der Waals surface area (Å²) in [6.07, 6.45) is 5.69. The molecule has 3 saturated heterocycles. The number of rotatable bonds is 8. The second-order valence-electron chi connectivity index (χ2n) is 12.0. The number of carbonyl (C=O) groups excluding carboxylic acids is 4. The first-order valence-corrected chi connectivity index (χ1v) is 14.8. The van der Waals surface area contributed by atoms with Crippen LogP contribution in [0.25, 0.3) is 0 Å². The minimum Gasteiger partial charge on any atom is -0.369 e. The van der Waals surface area contributed by atoms with E-state index in [4.69, 9.17) is 0 Å². The third-order valence-corrected chi connectivity index (χ3v) is 9.17. The number of benzene rings is 1. The van der Waals surface area contributed by atoms with Crippen molar-refractivity contribution in [2.45, 2.75) is 64.0 Å². The Labute approximate surface area is 231 Å². The molecule has 0 bridgehead atoms. The predicted molar refractivity (Wildman–Crippen MR) is 149 cm³/mol. The Kier molecular flexibility index (Phi) is 8.54. The predicted octanol–water partition coefficient (Wildman–Crippen LogP) is 2.16. The molecule has 4 fully saturated rings. The van der Waals surface area contributed by atoms with Crippen LogP contribution in [0.1, 0.15) is 62.2 Å². The maximum atomic E-state index is 13.2. The molecule has 1 saturated carbocycles. The smallest absolute Gasteiger partial charge is 0.251 e. The standard InChI is InChI=1S/C30H43N5O4/c1-21(11-13-31-29(38)22-7-9-24(10-8-22)33-17-15-32(2)16-18-33)19-27(37)34-14-12-25-28(34)26(36)20-35(25)30(39)23-5-3-4-6-23/h7-10,21,23,25,28H,3-6,11-20H2,1-2H3,(H,31,38). The van der Waals surface area contributed by atoms with Crippen LogP contribution in [-0.2, 0) is 14.4 Å². The first-order chi connectivity index (χ1) is 18.8. The van der Waals surface area contributed by atoms with Gasteiger partial charge >= 0.3 is 0 Å². The van der Waals surface area contributed by atoms with Gasteiger partial charge < -0.3 is 24.9 Å². The van der Waals surface area contributed by atoms with Crippen LogP contribution in [0.2, 0.25) is 0 Å². The molecule has 0 spiro atoms. The molecule has 3 aliphatic heterocycles. The average Bonchev–Trinajstić information content (AvgIpc) is 3.68. The van der Waals surface area contributed by atoms with Crippen LogP contribution in [0.15, 0.2) is 24.3 Å². The van der Waals surface area contributed by atoms with Crippen molar-refractivity contribution in [3.05, 3.63) is 29.8 Å². The SMILES string of the molecule is CC(CCNC(=O)c1ccc(N2CCN(C)CC2)cc1)CC(=O)N1CCC2C1C(=O)CN2C(=O)C1CCCC1. The summed E-state index contributed by atoms with van der Waals surface area (Å²) >= 11 is 0. The van der Waals surface area contributed by atoms with Crippen molar-refractivity contribution in [3.8, 4) is 0 Å². The molecule has 9 heteroatoms. The van der Waals surface area contributed by atoms with Gasteiger partial charge in [-0.1, -0.05) is 19.8 Å². The quantitative estimate of drug-likeness (QED) is 0.546. The zero-order valence-electron chi connectivity index (χ0n) is 23.4. The number of ketones is 1. The molecule has 3 unspecified atom stereocenters. The maximum Gasteiger partial charge on any atom is 0.251 e. The highest BCUT2D eigenvalue weighted by atomic mass is 16.2. The number of likely N-dealkylation sites (N-methyl/N-ethyl adjacent to an activating group) is 1. The van der Waals surface area contributed by atoms with E-state index >= 15 is 0 Å². The van der Waals surface area contributed by atoms with E-state index in [9.17, 15) is 19.2 Å². The van der Waals surface area contributed by atoms with Crippen LogP contribution in [-0.4, -0.2) is 103 Å². The number of likely N-dealkylation sites (tertiary alicyclic amines) is 2. The van der Waals surface area contributed by atoms with E-state index in [1.54, 1.807) is 9.80 Å². The van der Waals surface area contributed by atoms with Crippen molar-refractivity contribution in [3.63, 3.8) is 0 Å². The Bertz CT molecular complexity index is 1060. The molecule has 0 radical (unpaired) electrons. The van der Waals surface area contributed by atoms with Gasteiger partial charge in [0.25, 0.3) is 5.91 Å². The second kappa shape index (κ2) is 12.1. The summed E-state index contributed by atoms with van der Waals surface area (Å²) in [5, 5.41) is 2.98. The van der Waals surface area contributed by atoms with E-state index in [1.807, 2.05) is 31.2 Å². The van der Waals surface area contributed by atoms with Gasteiger partial charge in [-0.25, -0.2) is 0 Å². The van der Waals surface area contributed by atoms with E-state index in [0.29, 0.717) is 37.9 Å². The van der Waals surface area contributed by atoms with Crippen LogP contribution < -0.4 is 10.2 Å². The van der Waals surface area contributed by atoms with Crippen molar-refractivity contribution in [1.29, 1.82) is 0 Å². The molecule has 4 aliphatic rings. The maximum absolute atomic E-state index is 13.2. The second-order valence-corrected chi connectivity index (χ2v) is 12.0. The van der Waals surface area contributed by atoms with Crippen molar-refractivity contribution in [2.24, 2.45) is 11.8 Å². The van der Waals surface area contributed by atoms with Gasteiger partial charge in [-0.15, -0.1) is 0 Å². The summed E-state index contributed by atoms with van der Waals surface area (Å²) < 4.78 is 0. The Balaban J connectivity index is 1.05. The Hall–Kier alpha value is -2.94. The molecular weight excluding hydrogens is 494 g/mol. The van der Waals surface area contributed by atoms with Crippen molar-refractivity contribution >= 4 is 29.2 Å². The van der Waals surface area contributed by atoms with Gasteiger partial charge in [-0.05, 0) is 62.9 Å². The molecule has 5 rings (SSSR count). The minimum atomic E-state index is -0.483. The number of hydrogen-bond donors (Lipinski definition) is 1. The largest absolute Gasteiger partial charge is 0.369 e. The van der Waals surface area contributed by atoms with Gasteiger partial charge in [0.2, 0.25) is 11.8 Å². The molecule has 1 aromatic carbocycles. The van der Waals surface area contributed by atoms with Gasteiger partial charge in [0.1, 0.15) is 6.04 Å². The van der Waals surface area contributed by atoms with Crippen molar-refractivity contribution in [2.75, 3.05) is 57.8 Å². The van der Waals surface area contributed by atoms with E-state index in [-0.39, 0.29) is 47.9 Å². The third kappa shape index (κ3) is 6.13. The van der Waals surface area contributed by atoms with E-state index in [0.717, 1.165) is 57.5 Å². The average molecular weight is 538 g/mol. The lowest BCUT2D eigenvalue weighted by Crippen LogP contribution is -2.44. The first kappa shape index (κ1) is 27.6. The van der Waals surface area contributed by atoms with Gasteiger partial charge in [0, 0.05) is 62.9 Å². The van der Waals surface area contributed by atoms with Crippen molar-refractivity contribution in [1.82, 2.24) is 20.0 Å². The molecule has 1 aromatic rings. The highest BCUT2D eigenvalue weighted by Crippen LogP contribution is 2.34. The molecule has 3 amide bonds. The van der Waals surface area contributed by atoms with Gasteiger partial charge in [-0.3, -0.25) is 19.2 Å². The van der Waals surface area contributed by atoms with Crippen LogP contribution in [0.4, 0.5) is 5.69 Å². The highest BCUT2D eigenvalue weighted by molar-refractivity contribution is 5.98. The van der Waals surface area contributed by atoms with Crippen LogP contribution >= 0.6 is 0 Å². The Morgan fingerprint density at radius 2 is 1.64 bits per heavy atom. The number of piperazine rings is 1. The van der Waals surface area contributed by atoms with E-state index < -0.39 is 6.04 Å². The van der Waals surface area contributed by atoms with E-state index in [1.165, 1.54) is 0 Å². The molecule has 212 valence electrons. The molecule has 9 nitrogen and oxygen atoms in total. The number of carbonyl (C=O) groups is 4. The fourth-order valence-corrected chi connectivity index (χ4v) is 6.74. The Morgan fingerprint density at radius 1 is 0.949 bits per heavy atom. The number of amides is 3. The van der Waals surface area contributed by atoms with Crippen LogP contribution in [0.5, 0.6) is 0 Å².